The number of benzene rings is 2. The van der Waals surface area contributed by atoms with E-state index in [4.69, 9.17) is 19.3 Å². The molecule has 0 atom stereocenters. The number of ether oxygens (including phenoxy) is 2. The van der Waals surface area contributed by atoms with Gasteiger partial charge in [0.1, 0.15) is 23.8 Å². The van der Waals surface area contributed by atoms with Crippen LogP contribution in [0.1, 0.15) is 29.3 Å². The third kappa shape index (κ3) is 4.37. The van der Waals surface area contributed by atoms with Gasteiger partial charge in [0.25, 0.3) is 5.56 Å². The van der Waals surface area contributed by atoms with Gasteiger partial charge in [-0.2, -0.15) is 5.26 Å². The number of H-pyrrole nitrogens is 1. The highest BCUT2D eigenvalue weighted by atomic mass is 16.5. The fourth-order valence-electron chi connectivity index (χ4n) is 3.67. The molecule has 7 heteroatoms. The minimum atomic E-state index is -0.391. The fourth-order valence-corrected chi connectivity index (χ4v) is 3.67. The molecule has 33 heavy (non-hydrogen) atoms. The van der Waals surface area contributed by atoms with Crippen molar-refractivity contribution in [3.63, 3.8) is 0 Å². The lowest BCUT2D eigenvalue weighted by Crippen LogP contribution is -2.15. The molecule has 2 N–H and O–H groups in total. The second-order valence-electron chi connectivity index (χ2n) is 7.68. The summed E-state index contributed by atoms with van der Waals surface area (Å²) in [6.45, 7) is 6.39. The Hall–Kier alpha value is -4.31. The summed E-state index contributed by atoms with van der Waals surface area (Å²) in [7, 11) is 0. The van der Waals surface area contributed by atoms with Crippen LogP contribution in [0, 0.1) is 30.6 Å². The fraction of sp³-hybridized carbons (Fsp3) is 0.192. The molecule has 7 nitrogen and oxygen atoms in total. The normalized spacial score (nSPS) is 10.7. The first-order valence-corrected chi connectivity index (χ1v) is 10.5. The molecule has 0 aliphatic rings. The molecule has 0 aliphatic heterocycles. The number of aromatic nitrogens is 1. The molecule has 166 valence electrons. The molecule has 0 saturated heterocycles. The zero-order chi connectivity index (χ0) is 23.5. The first kappa shape index (κ1) is 21.9. The van der Waals surface area contributed by atoms with Crippen LogP contribution in [0.15, 0.2) is 57.7 Å². The van der Waals surface area contributed by atoms with E-state index in [1.165, 1.54) is 5.56 Å². The van der Waals surface area contributed by atoms with Crippen LogP contribution in [-0.4, -0.2) is 11.6 Å². The average Bonchev–Trinajstić information content (AvgIpc) is 2.78. The van der Waals surface area contributed by atoms with E-state index < -0.39 is 5.56 Å². The summed E-state index contributed by atoms with van der Waals surface area (Å²) in [6.07, 6.45) is 0. The highest BCUT2D eigenvalue weighted by Gasteiger charge is 2.19. The van der Waals surface area contributed by atoms with E-state index in [1.54, 1.807) is 31.2 Å². The van der Waals surface area contributed by atoms with Gasteiger partial charge in [0.05, 0.1) is 12.0 Å². The van der Waals surface area contributed by atoms with E-state index >= 15 is 0 Å². The molecule has 0 unspecified atom stereocenters. The van der Waals surface area contributed by atoms with Crippen molar-refractivity contribution in [3.05, 3.63) is 86.8 Å². The molecule has 2 aromatic heterocycles. The Morgan fingerprint density at radius 1 is 1.06 bits per heavy atom. The minimum Gasteiger partial charge on any atom is -0.490 e. The molecule has 0 spiro atoms. The molecule has 0 radical (unpaired) electrons. The molecule has 2 heterocycles. The van der Waals surface area contributed by atoms with Crippen molar-refractivity contribution >= 4 is 11.0 Å². The summed E-state index contributed by atoms with van der Waals surface area (Å²) in [5.74, 6) is 1.02. The second kappa shape index (κ2) is 9.05. The van der Waals surface area contributed by atoms with Crippen molar-refractivity contribution in [2.75, 3.05) is 6.61 Å². The van der Waals surface area contributed by atoms with E-state index in [2.05, 4.69) is 4.98 Å². The first-order valence-electron chi connectivity index (χ1n) is 10.5. The predicted octanol–water partition coefficient (Wildman–Crippen LogP) is 4.73. The van der Waals surface area contributed by atoms with Crippen LogP contribution in [0.2, 0.25) is 0 Å². The number of rotatable bonds is 6. The van der Waals surface area contributed by atoms with Crippen molar-refractivity contribution in [2.24, 2.45) is 0 Å². The molecular formula is C26H23N3O4. The Bertz CT molecular complexity index is 1490. The number of aromatic amines is 1. The summed E-state index contributed by atoms with van der Waals surface area (Å²) in [5, 5.41) is 18.1. The Labute approximate surface area is 190 Å². The molecule has 0 aliphatic carbocycles. The SMILES string of the molecule is CCOc1cc(-c2c(C#N)c(=N)oc3cc(C)[nH]c(=O)c23)ccc1OCc1ccc(C)cc1. The maximum Gasteiger partial charge on any atom is 0.259 e. The molecule has 4 rings (SSSR count). The number of aryl methyl sites for hydroxylation is 2. The Morgan fingerprint density at radius 3 is 2.52 bits per heavy atom. The van der Waals surface area contributed by atoms with E-state index in [0.717, 1.165) is 5.56 Å². The summed E-state index contributed by atoms with van der Waals surface area (Å²) in [5.41, 5.74) is 3.21. The maximum absolute atomic E-state index is 12.8. The molecule has 0 bridgehead atoms. The summed E-state index contributed by atoms with van der Waals surface area (Å²) in [4.78, 5) is 15.5. The molecule has 0 saturated carbocycles. The quantitative estimate of drug-likeness (QED) is 0.449. The van der Waals surface area contributed by atoms with Crippen LogP contribution in [0.5, 0.6) is 11.5 Å². The summed E-state index contributed by atoms with van der Waals surface area (Å²) in [6, 6.07) is 16.9. The van der Waals surface area contributed by atoms with Gasteiger partial charge in [-0.05, 0) is 44.0 Å². The van der Waals surface area contributed by atoms with Crippen molar-refractivity contribution in [3.8, 4) is 28.7 Å². The predicted molar refractivity (Wildman–Crippen MR) is 124 cm³/mol. The Kier molecular flexibility index (Phi) is 6.01. The highest BCUT2D eigenvalue weighted by molar-refractivity contribution is 5.95. The van der Waals surface area contributed by atoms with Gasteiger partial charge < -0.3 is 18.9 Å². The van der Waals surface area contributed by atoms with Gasteiger partial charge in [-0.15, -0.1) is 0 Å². The van der Waals surface area contributed by atoms with E-state index in [-0.39, 0.29) is 22.1 Å². The van der Waals surface area contributed by atoms with Gasteiger partial charge >= 0.3 is 0 Å². The second-order valence-corrected chi connectivity index (χ2v) is 7.68. The first-order chi connectivity index (χ1) is 15.9. The molecule has 0 amide bonds. The maximum atomic E-state index is 12.8. The zero-order valence-electron chi connectivity index (χ0n) is 18.6. The Morgan fingerprint density at radius 2 is 1.82 bits per heavy atom. The zero-order valence-corrected chi connectivity index (χ0v) is 18.6. The number of nitriles is 1. The average molecular weight is 441 g/mol. The molecule has 2 aromatic carbocycles. The van der Waals surface area contributed by atoms with Crippen LogP contribution < -0.4 is 20.6 Å². The third-order valence-electron chi connectivity index (χ3n) is 5.23. The standard InChI is InChI=1S/C26H23N3O4/c1-4-31-21-12-18(9-10-20(21)32-14-17-7-5-15(2)6-8-17)23-19(13-27)25(28)33-22-11-16(3)29-26(30)24(22)23/h5-12,28H,4,14H2,1-3H3,(H,29,30). The summed E-state index contributed by atoms with van der Waals surface area (Å²) < 4.78 is 17.3. The van der Waals surface area contributed by atoms with Gasteiger partial charge in [0.15, 0.2) is 11.5 Å². The minimum absolute atomic E-state index is 0.0207. The monoisotopic (exact) mass is 441 g/mol. The van der Waals surface area contributed by atoms with Crippen LogP contribution in [0.25, 0.3) is 22.1 Å². The third-order valence-corrected chi connectivity index (χ3v) is 5.23. The van der Waals surface area contributed by atoms with Crippen molar-refractivity contribution in [2.45, 2.75) is 27.4 Å². The lowest BCUT2D eigenvalue weighted by molar-refractivity contribution is 0.269. The van der Waals surface area contributed by atoms with Crippen molar-refractivity contribution in [1.82, 2.24) is 4.98 Å². The largest absolute Gasteiger partial charge is 0.490 e. The van der Waals surface area contributed by atoms with Crippen molar-refractivity contribution in [1.29, 1.82) is 10.7 Å². The Balaban J connectivity index is 1.84. The smallest absolute Gasteiger partial charge is 0.259 e. The van der Waals surface area contributed by atoms with Gasteiger partial charge in [0, 0.05) is 17.3 Å². The van der Waals surface area contributed by atoms with Crippen molar-refractivity contribution < 1.29 is 13.9 Å². The molecular weight excluding hydrogens is 418 g/mol. The van der Waals surface area contributed by atoms with Crippen LogP contribution in [0.3, 0.4) is 0 Å². The topological polar surface area (TPSA) is 112 Å². The number of nitrogens with zero attached hydrogens (tertiary/aromatic N) is 1. The number of nitrogens with one attached hydrogen (secondary N) is 2. The molecule has 0 fully saturated rings. The molecule has 4 aromatic rings. The van der Waals surface area contributed by atoms with E-state index in [0.29, 0.717) is 41.5 Å². The van der Waals surface area contributed by atoms with Gasteiger partial charge in [-0.1, -0.05) is 35.9 Å². The number of hydrogen-bond donors (Lipinski definition) is 2. The lowest BCUT2D eigenvalue weighted by atomic mass is 9.97. The number of pyridine rings is 1. The van der Waals surface area contributed by atoms with Crippen LogP contribution >= 0.6 is 0 Å². The lowest BCUT2D eigenvalue weighted by Gasteiger charge is -2.15. The highest BCUT2D eigenvalue weighted by Crippen LogP contribution is 2.36. The number of fused-ring (bicyclic) bond motifs is 1. The summed E-state index contributed by atoms with van der Waals surface area (Å²) >= 11 is 0. The van der Waals surface area contributed by atoms with Gasteiger partial charge in [-0.25, -0.2) is 0 Å². The van der Waals surface area contributed by atoms with Gasteiger partial charge in [0.2, 0.25) is 5.55 Å². The van der Waals surface area contributed by atoms with Gasteiger partial charge in [-0.3, -0.25) is 10.2 Å². The number of hydrogen-bond acceptors (Lipinski definition) is 6. The van der Waals surface area contributed by atoms with E-state index in [9.17, 15) is 10.1 Å². The van der Waals surface area contributed by atoms with Crippen LogP contribution in [-0.2, 0) is 6.61 Å². The van der Waals surface area contributed by atoms with Crippen LogP contribution in [0.4, 0.5) is 0 Å². The van der Waals surface area contributed by atoms with E-state index in [1.807, 2.05) is 44.2 Å².